The molecular weight excluding hydrogens is 347 g/mol. The van der Waals surface area contributed by atoms with Crippen molar-refractivity contribution in [3.63, 3.8) is 0 Å². The minimum Gasteiger partial charge on any atom is -0.325 e. The predicted molar refractivity (Wildman–Crippen MR) is 83.7 cm³/mol. The highest BCUT2D eigenvalue weighted by atomic mass is 127. The molecule has 0 aromatic heterocycles. The van der Waals surface area contributed by atoms with Gasteiger partial charge in [-0.3, -0.25) is 4.79 Å². The molecule has 0 spiro atoms. The first-order valence-corrected chi connectivity index (χ1v) is 7.59. The average Bonchev–Trinajstić information content (AvgIpc) is 2.27. The lowest BCUT2D eigenvalue weighted by Crippen LogP contribution is -2.18. The van der Waals surface area contributed by atoms with E-state index in [9.17, 15) is 4.79 Å². The van der Waals surface area contributed by atoms with Crippen molar-refractivity contribution >= 4 is 45.9 Å². The first-order valence-electron chi connectivity index (χ1n) is 5.36. The first-order chi connectivity index (χ1) is 8.08. The Morgan fingerprint density at radius 1 is 1.35 bits per heavy atom. The molecule has 0 bridgehead atoms. The van der Waals surface area contributed by atoms with Crippen LogP contribution in [0.25, 0.3) is 0 Å². The third-order valence-electron chi connectivity index (χ3n) is 2.04. The van der Waals surface area contributed by atoms with E-state index in [0.717, 1.165) is 18.0 Å². The van der Waals surface area contributed by atoms with Crippen LogP contribution in [0.3, 0.4) is 0 Å². The second-order valence-corrected chi connectivity index (χ2v) is 6.26. The molecule has 94 valence electrons. The number of carbonyl (C=O) groups is 1. The molecule has 1 aromatic rings. The van der Waals surface area contributed by atoms with Gasteiger partial charge in [-0.1, -0.05) is 0 Å². The molecule has 3 nitrogen and oxygen atoms in total. The van der Waals surface area contributed by atoms with Crippen LogP contribution >= 0.6 is 34.4 Å². The molecule has 0 aliphatic carbocycles. The average molecular weight is 364 g/mol. The lowest BCUT2D eigenvalue weighted by atomic mass is 10.3. The van der Waals surface area contributed by atoms with Gasteiger partial charge in [-0.2, -0.15) is 11.8 Å². The van der Waals surface area contributed by atoms with Gasteiger partial charge in [0.1, 0.15) is 0 Å². The third-order valence-corrected chi connectivity index (χ3v) is 3.70. The van der Waals surface area contributed by atoms with E-state index in [1.54, 1.807) is 11.8 Å². The standard InChI is InChI=1S/C12H17IN2OS/c1-15(2)7-8-17-9-12(16)14-11-5-3-10(13)4-6-11/h3-6H,7-9H2,1-2H3,(H,14,16). The van der Waals surface area contributed by atoms with E-state index in [1.165, 1.54) is 3.57 Å². The SMILES string of the molecule is CN(C)CCSCC(=O)Nc1ccc(I)cc1. The summed E-state index contributed by atoms with van der Waals surface area (Å²) in [4.78, 5) is 13.7. The number of thioether (sulfide) groups is 1. The summed E-state index contributed by atoms with van der Waals surface area (Å²) in [6.07, 6.45) is 0. The maximum atomic E-state index is 11.6. The zero-order chi connectivity index (χ0) is 12.7. The molecular formula is C12H17IN2OS. The van der Waals surface area contributed by atoms with Gasteiger partial charge in [-0.05, 0) is 61.0 Å². The number of anilines is 1. The highest BCUT2D eigenvalue weighted by molar-refractivity contribution is 14.1. The summed E-state index contributed by atoms with van der Waals surface area (Å²) in [7, 11) is 4.07. The summed E-state index contributed by atoms with van der Waals surface area (Å²) < 4.78 is 1.17. The topological polar surface area (TPSA) is 32.3 Å². The molecule has 0 saturated heterocycles. The van der Waals surface area contributed by atoms with Crippen LogP contribution in [-0.4, -0.2) is 43.0 Å². The molecule has 0 unspecified atom stereocenters. The van der Waals surface area contributed by atoms with E-state index in [4.69, 9.17) is 0 Å². The number of hydrogen-bond donors (Lipinski definition) is 1. The van der Waals surface area contributed by atoms with Gasteiger partial charge in [0.2, 0.25) is 5.91 Å². The van der Waals surface area contributed by atoms with Crippen LogP contribution in [-0.2, 0) is 4.79 Å². The lowest BCUT2D eigenvalue weighted by Gasteiger charge is -2.09. The van der Waals surface area contributed by atoms with Crippen molar-refractivity contribution in [3.8, 4) is 0 Å². The van der Waals surface area contributed by atoms with E-state index in [2.05, 4.69) is 32.8 Å². The highest BCUT2D eigenvalue weighted by Gasteiger charge is 2.02. The Bertz CT molecular complexity index is 354. The van der Waals surface area contributed by atoms with Crippen LogP contribution in [0.2, 0.25) is 0 Å². The highest BCUT2D eigenvalue weighted by Crippen LogP contribution is 2.11. The third kappa shape index (κ3) is 6.90. The Morgan fingerprint density at radius 2 is 2.00 bits per heavy atom. The molecule has 0 atom stereocenters. The van der Waals surface area contributed by atoms with Crippen molar-refractivity contribution in [2.45, 2.75) is 0 Å². The molecule has 0 fully saturated rings. The zero-order valence-electron chi connectivity index (χ0n) is 10.1. The number of hydrogen-bond acceptors (Lipinski definition) is 3. The van der Waals surface area contributed by atoms with Gasteiger partial charge in [0.05, 0.1) is 5.75 Å². The Kier molecular flexibility index (Phi) is 6.91. The summed E-state index contributed by atoms with van der Waals surface area (Å²) in [5.41, 5.74) is 0.864. The van der Waals surface area contributed by atoms with Crippen molar-refractivity contribution in [1.82, 2.24) is 4.90 Å². The van der Waals surface area contributed by atoms with Crippen LogP contribution in [0.4, 0.5) is 5.69 Å². The quantitative estimate of drug-likeness (QED) is 0.622. The second-order valence-electron chi connectivity index (χ2n) is 3.91. The fourth-order valence-corrected chi connectivity index (χ4v) is 2.40. The summed E-state index contributed by atoms with van der Waals surface area (Å²) in [5.74, 6) is 1.56. The van der Waals surface area contributed by atoms with Crippen LogP contribution in [0.1, 0.15) is 0 Å². The van der Waals surface area contributed by atoms with Crippen molar-refractivity contribution in [1.29, 1.82) is 0 Å². The number of carbonyl (C=O) groups excluding carboxylic acids is 1. The molecule has 1 N–H and O–H groups in total. The molecule has 17 heavy (non-hydrogen) atoms. The summed E-state index contributed by atoms with van der Waals surface area (Å²) >= 11 is 3.90. The Hall–Kier alpha value is -0.270. The number of nitrogens with one attached hydrogen (secondary N) is 1. The predicted octanol–water partition coefficient (Wildman–Crippen LogP) is 2.52. The molecule has 0 aliphatic rings. The van der Waals surface area contributed by atoms with Crippen molar-refractivity contribution in [2.75, 3.05) is 37.5 Å². The molecule has 0 heterocycles. The van der Waals surface area contributed by atoms with Gasteiger partial charge >= 0.3 is 0 Å². The van der Waals surface area contributed by atoms with Gasteiger partial charge in [0, 0.05) is 21.6 Å². The van der Waals surface area contributed by atoms with Gasteiger partial charge in [0.15, 0.2) is 0 Å². The first kappa shape index (κ1) is 14.8. The number of halogens is 1. The van der Waals surface area contributed by atoms with Crippen LogP contribution < -0.4 is 5.32 Å². The number of benzene rings is 1. The summed E-state index contributed by atoms with van der Waals surface area (Å²) in [6.45, 7) is 1.00. The van der Waals surface area contributed by atoms with Gasteiger partial charge in [-0.15, -0.1) is 0 Å². The minimum absolute atomic E-state index is 0.0648. The normalized spacial score (nSPS) is 10.6. The Labute approximate surface area is 120 Å². The van der Waals surface area contributed by atoms with Gasteiger partial charge in [0.25, 0.3) is 0 Å². The maximum Gasteiger partial charge on any atom is 0.234 e. The number of nitrogens with zero attached hydrogens (tertiary/aromatic N) is 1. The monoisotopic (exact) mass is 364 g/mol. The lowest BCUT2D eigenvalue weighted by molar-refractivity contribution is -0.113. The van der Waals surface area contributed by atoms with Crippen LogP contribution in [0.5, 0.6) is 0 Å². The minimum atomic E-state index is 0.0648. The molecule has 0 saturated carbocycles. The zero-order valence-corrected chi connectivity index (χ0v) is 13.0. The summed E-state index contributed by atoms with van der Waals surface area (Å²) in [6, 6.07) is 7.80. The summed E-state index contributed by atoms with van der Waals surface area (Å²) in [5, 5.41) is 2.88. The smallest absolute Gasteiger partial charge is 0.234 e. The molecule has 1 rings (SSSR count). The molecule has 0 radical (unpaired) electrons. The number of rotatable bonds is 6. The van der Waals surface area contributed by atoms with E-state index in [1.807, 2.05) is 38.4 Å². The van der Waals surface area contributed by atoms with Gasteiger partial charge < -0.3 is 10.2 Å². The molecule has 0 aliphatic heterocycles. The van der Waals surface area contributed by atoms with Crippen LogP contribution in [0, 0.1) is 3.57 Å². The number of amides is 1. The van der Waals surface area contributed by atoms with E-state index in [-0.39, 0.29) is 5.91 Å². The maximum absolute atomic E-state index is 11.6. The fourth-order valence-electron chi connectivity index (χ4n) is 1.14. The van der Waals surface area contributed by atoms with E-state index >= 15 is 0 Å². The largest absolute Gasteiger partial charge is 0.325 e. The van der Waals surface area contributed by atoms with Crippen molar-refractivity contribution in [2.24, 2.45) is 0 Å². The molecule has 1 aromatic carbocycles. The fraction of sp³-hybridized carbons (Fsp3) is 0.417. The Balaban J connectivity index is 2.23. The van der Waals surface area contributed by atoms with Crippen LogP contribution in [0.15, 0.2) is 24.3 Å². The van der Waals surface area contributed by atoms with E-state index in [0.29, 0.717) is 5.75 Å². The molecule has 5 heteroatoms. The van der Waals surface area contributed by atoms with Crippen molar-refractivity contribution < 1.29 is 4.79 Å². The second kappa shape index (κ2) is 7.94. The molecule has 1 amide bonds. The van der Waals surface area contributed by atoms with Crippen molar-refractivity contribution in [3.05, 3.63) is 27.8 Å². The van der Waals surface area contributed by atoms with E-state index < -0.39 is 0 Å². The Morgan fingerprint density at radius 3 is 2.59 bits per heavy atom. The van der Waals surface area contributed by atoms with Gasteiger partial charge in [-0.25, -0.2) is 0 Å².